The second kappa shape index (κ2) is 6.28. The van der Waals surface area contributed by atoms with E-state index in [0.29, 0.717) is 12.1 Å². The first-order valence-corrected chi connectivity index (χ1v) is 8.28. The van der Waals surface area contributed by atoms with Crippen LogP contribution in [0.3, 0.4) is 0 Å². The number of piperidine rings is 1. The molecule has 1 aliphatic carbocycles. The van der Waals surface area contributed by atoms with Gasteiger partial charge in [0.15, 0.2) is 0 Å². The number of hydrogen-bond donors (Lipinski definition) is 1. The molecule has 0 atom stereocenters. The molecule has 1 aliphatic heterocycles. The predicted molar refractivity (Wildman–Crippen MR) is 85.0 cm³/mol. The van der Waals surface area contributed by atoms with E-state index >= 15 is 0 Å². The van der Waals surface area contributed by atoms with Crippen molar-refractivity contribution in [2.24, 2.45) is 0 Å². The van der Waals surface area contributed by atoms with Crippen LogP contribution in [0.5, 0.6) is 0 Å². The third-order valence-electron chi connectivity index (χ3n) is 4.85. The minimum absolute atomic E-state index is 0.700. The van der Waals surface area contributed by atoms with Crippen molar-refractivity contribution in [1.29, 1.82) is 0 Å². The van der Waals surface area contributed by atoms with Gasteiger partial charge in [0.1, 0.15) is 0 Å². The summed E-state index contributed by atoms with van der Waals surface area (Å²) in [5, 5.41) is 3.76. The zero-order chi connectivity index (χ0) is 13.9. The van der Waals surface area contributed by atoms with Crippen LogP contribution in [-0.2, 0) is 6.54 Å². The molecule has 2 aliphatic rings. The van der Waals surface area contributed by atoms with Gasteiger partial charge < -0.3 is 10.2 Å². The van der Waals surface area contributed by atoms with E-state index in [0.717, 1.165) is 12.5 Å². The Bertz CT molecular complexity index is 429. The number of nitrogens with zero attached hydrogens (tertiary/aromatic N) is 1. The van der Waals surface area contributed by atoms with E-state index in [1.54, 1.807) is 5.56 Å². The van der Waals surface area contributed by atoms with Crippen molar-refractivity contribution in [2.45, 2.75) is 64.1 Å². The van der Waals surface area contributed by atoms with Crippen LogP contribution in [-0.4, -0.2) is 30.1 Å². The van der Waals surface area contributed by atoms with Gasteiger partial charge in [-0.15, -0.1) is 0 Å². The summed E-state index contributed by atoms with van der Waals surface area (Å²) >= 11 is 0. The van der Waals surface area contributed by atoms with Gasteiger partial charge in [0.05, 0.1) is 0 Å². The second-order valence-corrected chi connectivity index (χ2v) is 6.80. The van der Waals surface area contributed by atoms with Crippen LogP contribution in [0, 0.1) is 0 Å². The molecule has 0 spiro atoms. The molecule has 1 heterocycles. The van der Waals surface area contributed by atoms with Crippen molar-refractivity contribution in [3.8, 4) is 0 Å². The molecule has 2 nitrogen and oxygen atoms in total. The molecule has 1 aromatic rings. The highest BCUT2D eigenvalue weighted by atomic mass is 15.2. The Morgan fingerprint density at radius 2 is 1.90 bits per heavy atom. The standard InChI is InChI=1S/C18H28N2/c1-14(2)20-10-8-18(9-11-20)19-13-15-4-3-5-17(12-15)16-6-7-16/h3-5,12,14,16,18-19H,6-11,13H2,1-2H3. The SMILES string of the molecule is CC(C)N1CCC(NCc2cccc(C3CC3)c2)CC1. The summed E-state index contributed by atoms with van der Waals surface area (Å²) in [6, 6.07) is 10.6. The molecular formula is C18H28N2. The Hall–Kier alpha value is -0.860. The fraction of sp³-hybridized carbons (Fsp3) is 0.667. The summed E-state index contributed by atoms with van der Waals surface area (Å²) in [4.78, 5) is 2.59. The maximum Gasteiger partial charge on any atom is 0.0208 e. The van der Waals surface area contributed by atoms with Gasteiger partial charge in [0, 0.05) is 18.6 Å². The third-order valence-corrected chi connectivity index (χ3v) is 4.85. The lowest BCUT2D eigenvalue weighted by Gasteiger charge is -2.35. The molecular weight excluding hydrogens is 244 g/mol. The number of rotatable bonds is 5. The van der Waals surface area contributed by atoms with Crippen LogP contribution in [0.4, 0.5) is 0 Å². The summed E-state index contributed by atoms with van der Waals surface area (Å²) < 4.78 is 0. The third kappa shape index (κ3) is 3.62. The van der Waals surface area contributed by atoms with Crippen LogP contribution in [0.1, 0.15) is 56.6 Å². The van der Waals surface area contributed by atoms with E-state index in [1.807, 2.05) is 0 Å². The maximum atomic E-state index is 3.76. The second-order valence-electron chi connectivity index (χ2n) is 6.80. The van der Waals surface area contributed by atoms with Gasteiger partial charge in [0.25, 0.3) is 0 Å². The van der Waals surface area contributed by atoms with E-state index in [-0.39, 0.29) is 0 Å². The Kier molecular flexibility index (Phi) is 4.42. The smallest absolute Gasteiger partial charge is 0.0208 e. The van der Waals surface area contributed by atoms with Crippen LogP contribution in [0.25, 0.3) is 0 Å². The molecule has 20 heavy (non-hydrogen) atoms. The van der Waals surface area contributed by atoms with Gasteiger partial charge in [0.2, 0.25) is 0 Å². The van der Waals surface area contributed by atoms with E-state index < -0.39 is 0 Å². The first-order chi connectivity index (χ1) is 9.72. The molecule has 1 N–H and O–H groups in total. The highest BCUT2D eigenvalue weighted by molar-refractivity contribution is 5.29. The van der Waals surface area contributed by atoms with Crippen LogP contribution in [0.2, 0.25) is 0 Å². The Labute approximate surface area is 123 Å². The zero-order valence-electron chi connectivity index (χ0n) is 12.9. The van der Waals surface area contributed by atoms with Gasteiger partial charge in [-0.1, -0.05) is 24.3 Å². The highest BCUT2D eigenvalue weighted by Crippen LogP contribution is 2.40. The molecule has 2 fully saturated rings. The summed E-state index contributed by atoms with van der Waals surface area (Å²) in [7, 11) is 0. The molecule has 110 valence electrons. The van der Waals surface area contributed by atoms with Crippen LogP contribution in [0.15, 0.2) is 24.3 Å². The largest absolute Gasteiger partial charge is 0.310 e. The number of hydrogen-bond acceptors (Lipinski definition) is 2. The summed E-state index contributed by atoms with van der Waals surface area (Å²) in [5.74, 6) is 0.865. The van der Waals surface area contributed by atoms with Crippen molar-refractivity contribution < 1.29 is 0 Å². The lowest BCUT2D eigenvalue weighted by atomic mass is 10.0. The molecule has 0 aromatic heterocycles. The van der Waals surface area contributed by atoms with E-state index in [4.69, 9.17) is 0 Å². The first-order valence-electron chi connectivity index (χ1n) is 8.28. The molecule has 1 saturated heterocycles. The van der Waals surface area contributed by atoms with E-state index in [2.05, 4.69) is 48.3 Å². The lowest BCUT2D eigenvalue weighted by Crippen LogP contribution is -2.44. The normalized spacial score (nSPS) is 21.6. The minimum atomic E-state index is 0.700. The van der Waals surface area contributed by atoms with Gasteiger partial charge >= 0.3 is 0 Å². The number of likely N-dealkylation sites (tertiary alicyclic amines) is 1. The zero-order valence-corrected chi connectivity index (χ0v) is 12.9. The van der Waals surface area contributed by atoms with E-state index in [1.165, 1.54) is 44.3 Å². The summed E-state index contributed by atoms with van der Waals surface area (Å²) in [5.41, 5.74) is 3.01. The van der Waals surface area contributed by atoms with E-state index in [9.17, 15) is 0 Å². The average Bonchev–Trinajstić information content (AvgIpc) is 3.30. The van der Waals surface area contributed by atoms with Gasteiger partial charge in [-0.3, -0.25) is 0 Å². The van der Waals surface area contributed by atoms with Crippen molar-refractivity contribution >= 4 is 0 Å². The molecule has 0 amide bonds. The fourth-order valence-corrected chi connectivity index (χ4v) is 3.26. The highest BCUT2D eigenvalue weighted by Gasteiger charge is 2.23. The van der Waals surface area contributed by atoms with Gasteiger partial charge in [-0.2, -0.15) is 0 Å². The minimum Gasteiger partial charge on any atom is -0.310 e. The molecule has 2 heteroatoms. The molecule has 0 bridgehead atoms. The summed E-state index contributed by atoms with van der Waals surface area (Å²) in [6.07, 6.45) is 5.37. The van der Waals surface area contributed by atoms with Gasteiger partial charge in [-0.05, 0) is 69.7 Å². The monoisotopic (exact) mass is 272 g/mol. The summed E-state index contributed by atoms with van der Waals surface area (Å²) in [6.45, 7) is 8.13. The Balaban J connectivity index is 1.46. The van der Waals surface area contributed by atoms with Gasteiger partial charge in [-0.25, -0.2) is 0 Å². The Morgan fingerprint density at radius 3 is 2.55 bits per heavy atom. The molecule has 3 rings (SSSR count). The maximum absolute atomic E-state index is 3.76. The molecule has 1 aromatic carbocycles. The average molecular weight is 272 g/mol. The fourth-order valence-electron chi connectivity index (χ4n) is 3.26. The molecule has 0 unspecified atom stereocenters. The van der Waals surface area contributed by atoms with Crippen molar-refractivity contribution in [3.63, 3.8) is 0 Å². The Morgan fingerprint density at radius 1 is 1.15 bits per heavy atom. The van der Waals surface area contributed by atoms with Crippen molar-refractivity contribution in [3.05, 3.63) is 35.4 Å². The lowest BCUT2D eigenvalue weighted by molar-refractivity contribution is 0.161. The quantitative estimate of drug-likeness (QED) is 0.882. The topological polar surface area (TPSA) is 15.3 Å². The van der Waals surface area contributed by atoms with Crippen molar-refractivity contribution in [2.75, 3.05) is 13.1 Å². The number of benzene rings is 1. The van der Waals surface area contributed by atoms with Crippen molar-refractivity contribution in [1.82, 2.24) is 10.2 Å². The van der Waals surface area contributed by atoms with Crippen LogP contribution >= 0.6 is 0 Å². The number of nitrogens with one attached hydrogen (secondary N) is 1. The molecule has 0 radical (unpaired) electrons. The first kappa shape index (κ1) is 14.1. The van der Waals surface area contributed by atoms with Crippen LogP contribution < -0.4 is 5.32 Å². The predicted octanol–water partition coefficient (Wildman–Crippen LogP) is 3.53. The molecule has 1 saturated carbocycles.